The summed E-state index contributed by atoms with van der Waals surface area (Å²) in [5.41, 5.74) is 2.20. The Bertz CT molecular complexity index is 421. The molecule has 0 saturated carbocycles. The number of rotatable bonds is 2. The Labute approximate surface area is 117 Å². The Kier molecular flexibility index (Phi) is 10.5. The number of hydrogen-bond acceptors (Lipinski definition) is 0. The standard InChI is InChI=1S/C8H9F.C8H10.C2H6/c1-2-7-5-3-4-6-8(7)9;1-2-8-6-4-3-5-7-8;1-2/h3-6H,2H2,1H3;3-7H,2H2,1H3;1-2H3. The lowest BCUT2D eigenvalue weighted by Crippen LogP contribution is -1.83. The largest absolute Gasteiger partial charge is 0.207 e. The quantitative estimate of drug-likeness (QED) is 0.653. The summed E-state index contributed by atoms with van der Waals surface area (Å²) >= 11 is 0. The predicted molar refractivity (Wildman–Crippen MR) is 82.9 cm³/mol. The molecule has 0 fully saturated rings. The summed E-state index contributed by atoms with van der Waals surface area (Å²) in [5, 5.41) is 0. The molecule has 0 spiro atoms. The third kappa shape index (κ3) is 7.40. The molecule has 0 bridgehead atoms. The van der Waals surface area contributed by atoms with Gasteiger partial charge in [0.25, 0.3) is 0 Å². The lowest BCUT2D eigenvalue weighted by molar-refractivity contribution is 0.612. The van der Waals surface area contributed by atoms with Crippen molar-refractivity contribution in [1.29, 1.82) is 0 Å². The summed E-state index contributed by atoms with van der Waals surface area (Å²) in [6.45, 7) is 8.10. The van der Waals surface area contributed by atoms with Crippen molar-refractivity contribution in [2.45, 2.75) is 40.5 Å². The summed E-state index contributed by atoms with van der Waals surface area (Å²) in [4.78, 5) is 0. The zero-order chi connectivity index (χ0) is 14.5. The Morgan fingerprint density at radius 2 is 1.26 bits per heavy atom. The molecule has 0 N–H and O–H groups in total. The first-order chi connectivity index (χ1) is 9.27. The lowest BCUT2D eigenvalue weighted by Gasteiger charge is -1.94. The molecular formula is C18H25F. The van der Waals surface area contributed by atoms with Crippen LogP contribution in [0.1, 0.15) is 38.8 Å². The highest BCUT2D eigenvalue weighted by atomic mass is 19.1. The van der Waals surface area contributed by atoms with E-state index in [4.69, 9.17) is 0 Å². The van der Waals surface area contributed by atoms with E-state index in [-0.39, 0.29) is 5.82 Å². The molecule has 1 heteroatoms. The minimum Gasteiger partial charge on any atom is -0.207 e. The van der Waals surface area contributed by atoms with Crippen molar-refractivity contribution >= 4 is 0 Å². The molecule has 2 rings (SSSR count). The van der Waals surface area contributed by atoms with Crippen LogP contribution in [0, 0.1) is 5.82 Å². The van der Waals surface area contributed by atoms with Gasteiger partial charge in [0.1, 0.15) is 5.82 Å². The van der Waals surface area contributed by atoms with Crippen LogP contribution >= 0.6 is 0 Å². The maximum Gasteiger partial charge on any atom is 0.126 e. The summed E-state index contributed by atoms with van der Waals surface area (Å²) in [5.74, 6) is -0.0972. The molecule has 0 atom stereocenters. The van der Waals surface area contributed by atoms with Crippen LogP contribution in [-0.2, 0) is 12.8 Å². The van der Waals surface area contributed by atoms with E-state index in [2.05, 4.69) is 31.2 Å². The van der Waals surface area contributed by atoms with Crippen molar-refractivity contribution in [3.05, 3.63) is 71.5 Å². The third-order valence-electron chi connectivity index (χ3n) is 2.59. The van der Waals surface area contributed by atoms with E-state index in [1.54, 1.807) is 12.1 Å². The molecule has 2 aromatic rings. The number of hydrogen-bond donors (Lipinski definition) is 0. The second-order valence-electron chi connectivity index (χ2n) is 3.78. The van der Waals surface area contributed by atoms with Crippen molar-refractivity contribution < 1.29 is 4.39 Å². The SMILES string of the molecule is CC.CCc1ccccc1.CCc1ccccc1F. The first-order valence-electron chi connectivity index (χ1n) is 7.05. The molecule has 0 heterocycles. The van der Waals surface area contributed by atoms with Crippen LogP contribution in [0.4, 0.5) is 4.39 Å². The molecule has 0 saturated heterocycles. The molecule has 0 amide bonds. The van der Waals surface area contributed by atoms with Gasteiger partial charge in [-0.05, 0) is 30.0 Å². The van der Waals surface area contributed by atoms with Crippen molar-refractivity contribution in [2.24, 2.45) is 0 Å². The van der Waals surface area contributed by atoms with Gasteiger partial charge < -0.3 is 0 Å². The summed E-state index contributed by atoms with van der Waals surface area (Å²) < 4.78 is 12.6. The van der Waals surface area contributed by atoms with Gasteiger partial charge in [-0.2, -0.15) is 0 Å². The zero-order valence-corrected chi connectivity index (χ0v) is 12.5. The molecule has 19 heavy (non-hydrogen) atoms. The molecule has 2 aromatic carbocycles. The van der Waals surface area contributed by atoms with Crippen LogP contribution in [0.15, 0.2) is 54.6 Å². The van der Waals surface area contributed by atoms with Crippen LogP contribution in [-0.4, -0.2) is 0 Å². The molecule has 0 aliphatic heterocycles. The molecule has 0 unspecified atom stereocenters. The Morgan fingerprint density at radius 3 is 1.63 bits per heavy atom. The molecule has 0 radical (unpaired) electrons. The van der Waals surface area contributed by atoms with E-state index >= 15 is 0 Å². The molecule has 104 valence electrons. The predicted octanol–water partition coefficient (Wildman–Crippen LogP) is 5.66. The van der Waals surface area contributed by atoms with Gasteiger partial charge in [-0.25, -0.2) is 4.39 Å². The molecular weight excluding hydrogens is 235 g/mol. The first kappa shape index (κ1) is 17.4. The highest BCUT2D eigenvalue weighted by molar-refractivity contribution is 5.16. The van der Waals surface area contributed by atoms with E-state index in [9.17, 15) is 4.39 Å². The van der Waals surface area contributed by atoms with Gasteiger partial charge >= 0.3 is 0 Å². The smallest absolute Gasteiger partial charge is 0.126 e. The van der Waals surface area contributed by atoms with Gasteiger partial charge in [0.2, 0.25) is 0 Å². The van der Waals surface area contributed by atoms with Crippen LogP contribution in [0.25, 0.3) is 0 Å². The van der Waals surface area contributed by atoms with Crippen LogP contribution < -0.4 is 0 Å². The van der Waals surface area contributed by atoms with Gasteiger partial charge in [0, 0.05) is 0 Å². The Balaban J connectivity index is 0.000000303. The highest BCUT2D eigenvalue weighted by Gasteiger charge is 1.93. The van der Waals surface area contributed by atoms with Gasteiger partial charge in [-0.15, -0.1) is 0 Å². The fraction of sp³-hybridized carbons (Fsp3) is 0.333. The second-order valence-corrected chi connectivity index (χ2v) is 3.78. The average molecular weight is 260 g/mol. The van der Waals surface area contributed by atoms with Crippen molar-refractivity contribution in [1.82, 2.24) is 0 Å². The van der Waals surface area contributed by atoms with E-state index in [1.165, 1.54) is 11.6 Å². The second kappa shape index (κ2) is 11.5. The fourth-order valence-electron chi connectivity index (χ4n) is 1.50. The highest BCUT2D eigenvalue weighted by Crippen LogP contribution is 2.05. The number of aryl methyl sites for hydroxylation is 2. The normalized spacial score (nSPS) is 8.68. The zero-order valence-electron chi connectivity index (χ0n) is 12.5. The Morgan fingerprint density at radius 1 is 0.737 bits per heavy atom. The average Bonchev–Trinajstić information content (AvgIpc) is 2.51. The van der Waals surface area contributed by atoms with Gasteiger partial charge in [-0.1, -0.05) is 76.2 Å². The minimum absolute atomic E-state index is 0.0972. The topological polar surface area (TPSA) is 0 Å². The van der Waals surface area contributed by atoms with E-state index < -0.39 is 0 Å². The van der Waals surface area contributed by atoms with E-state index in [0.29, 0.717) is 0 Å². The molecule has 0 aliphatic carbocycles. The lowest BCUT2D eigenvalue weighted by atomic mass is 10.2. The fourth-order valence-corrected chi connectivity index (χ4v) is 1.50. The van der Waals surface area contributed by atoms with Crippen LogP contribution in [0.3, 0.4) is 0 Å². The van der Waals surface area contributed by atoms with Crippen molar-refractivity contribution in [2.75, 3.05) is 0 Å². The molecule has 0 nitrogen and oxygen atoms in total. The third-order valence-corrected chi connectivity index (χ3v) is 2.59. The summed E-state index contributed by atoms with van der Waals surface area (Å²) in [7, 11) is 0. The Hall–Kier alpha value is -1.63. The van der Waals surface area contributed by atoms with Crippen molar-refractivity contribution in [3.8, 4) is 0 Å². The minimum atomic E-state index is -0.0972. The number of halogens is 1. The molecule has 0 aromatic heterocycles. The maximum atomic E-state index is 12.6. The van der Waals surface area contributed by atoms with E-state index in [0.717, 1.165) is 18.4 Å². The number of benzene rings is 2. The van der Waals surface area contributed by atoms with E-state index in [1.807, 2.05) is 32.9 Å². The maximum absolute atomic E-state index is 12.6. The van der Waals surface area contributed by atoms with Gasteiger partial charge in [0.05, 0.1) is 0 Å². The summed E-state index contributed by atoms with van der Waals surface area (Å²) in [6, 6.07) is 17.3. The van der Waals surface area contributed by atoms with Gasteiger partial charge in [-0.3, -0.25) is 0 Å². The first-order valence-corrected chi connectivity index (χ1v) is 7.05. The van der Waals surface area contributed by atoms with Crippen LogP contribution in [0.2, 0.25) is 0 Å². The summed E-state index contributed by atoms with van der Waals surface area (Å²) in [6.07, 6.45) is 1.91. The van der Waals surface area contributed by atoms with Crippen LogP contribution in [0.5, 0.6) is 0 Å². The molecule has 0 aliphatic rings. The monoisotopic (exact) mass is 260 g/mol. The van der Waals surface area contributed by atoms with Gasteiger partial charge in [0.15, 0.2) is 0 Å². The van der Waals surface area contributed by atoms with Crippen molar-refractivity contribution in [3.63, 3.8) is 0 Å².